The van der Waals surface area contributed by atoms with E-state index in [1.807, 2.05) is 0 Å². The fourth-order valence-electron chi connectivity index (χ4n) is 0.247. The van der Waals surface area contributed by atoms with Crippen LogP contribution in [0, 0.1) is 0 Å². The van der Waals surface area contributed by atoms with Gasteiger partial charge in [0, 0.05) is 0 Å². The molecule has 0 unspecified atom stereocenters. The van der Waals surface area contributed by atoms with E-state index in [-0.39, 0.29) is 0 Å². The minimum absolute atomic E-state index is 0.625. The van der Waals surface area contributed by atoms with E-state index in [9.17, 15) is 0 Å². The monoisotopic (exact) mass is 134 g/mol. The molecule has 1 heterocycles. The molecule has 4 heteroatoms. The molecule has 0 spiro atoms. The molecular formula is C3H3ClN2S. The van der Waals surface area contributed by atoms with Gasteiger partial charge in [-0.05, 0) is 11.9 Å². The van der Waals surface area contributed by atoms with Gasteiger partial charge in [0.15, 0.2) is 0 Å². The Morgan fingerprint density at radius 3 is 3.00 bits per heavy atom. The van der Waals surface area contributed by atoms with E-state index < -0.39 is 0 Å². The SMILES string of the molecule is ClC1=NC=NSC1. The van der Waals surface area contributed by atoms with Gasteiger partial charge in [-0.2, -0.15) is 0 Å². The lowest BCUT2D eigenvalue weighted by molar-refractivity contribution is 1.68. The second-order valence-corrected chi connectivity index (χ2v) is 2.19. The Balaban J connectivity index is 2.57. The minimum atomic E-state index is 0.625. The zero-order chi connectivity index (χ0) is 5.11. The van der Waals surface area contributed by atoms with Crippen molar-refractivity contribution in [3.05, 3.63) is 0 Å². The van der Waals surface area contributed by atoms with Gasteiger partial charge < -0.3 is 0 Å². The molecule has 0 aromatic heterocycles. The molecule has 2 nitrogen and oxygen atoms in total. The Morgan fingerprint density at radius 2 is 2.71 bits per heavy atom. The van der Waals surface area contributed by atoms with Crippen LogP contribution < -0.4 is 0 Å². The standard InChI is InChI=1S/C3H3ClN2S/c4-3-1-7-6-2-5-3/h2H,1H2. The molecule has 1 aliphatic heterocycles. The maximum absolute atomic E-state index is 5.45. The summed E-state index contributed by atoms with van der Waals surface area (Å²) in [5.41, 5.74) is 0. The normalized spacial score (nSPS) is 19.3. The fraction of sp³-hybridized carbons (Fsp3) is 0.333. The van der Waals surface area contributed by atoms with Crippen LogP contribution in [-0.4, -0.2) is 17.3 Å². The summed E-state index contributed by atoms with van der Waals surface area (Å²) in [6.07, 6.45) is 1.45. The summed E-state index contributed by atoms with van der Waals surface area (Å²) in [7, 11) is 0. The molecule has 38 valence electrons. The molecule has 0 fully saturated rings. The zero-order valence-electron chi connectivity index (χ0n) is 3.47. The maximum Gasteiger partial charge on any atom is 0.125 e. The third-order valence-electron chi connectivity index (χ3n) is 0.503. The van der Waals surface area contributed by atoms with Crippen LogP contribution in [0.3, 0.4) is 0 Å². The van der Waals surface area contributed by atoms with Gasteiger partial charge in [-0.1, -0.05) is 11.6 Å². The first-order chi connectivity index (χ1) is 3.39. The second-order valence-electron chi connectivity index (χ2n) is 1.000. The summed E-state index contributed by atoms with van der Waals surface area (Å²) in [6, 6.07) is 0. The third-order valence-corrected chi connectivity index (χ3v) is 1.54. The summed E-state index contributed by atoms with van der Waals surface area (Å²) >= 11 is 6.86. The van der Waals surface area contributed by atoms with Crippen LogP contribution in [0.1, 0.15) is 0 Å². The molecule has 0 aromatic carbocycles. The van der Waals surface area contributed by atoms with Crippen molar-refractivity contribution in [1.82, 2.24) is 0 Å². The number of rotatable bonds is 0. The second kappa shape index (κ2) is 2.33. The van der Waals surface area contributed by atoms with Crippen LogP contribution in [-0.2, 0) is 0 Å². The van der Waals surface area contributed by atoms with Crippen molar-refractivity contribution in [1.29, 1.82) is 0 Å². The summed E-state index contributed by atoms with van der Waals surface area (Å²) < 4.78 is 3.75. The smallest absolute Gasteiger partial charge is 0.125 e. The van der Waals surface area contributed by atoms with Crippen molar-refractivity contribution in [3.63, 3.8) is 0 Å². The Bertz CT molecular complexity index is 120. The van der Waals surface area contributed by atoms with Gasteiger partial charge >= 0.3 is 0 Å². The lowest BCUT2D eigenvalue weighted by Crippen LogP contribution is -1.93. The highest BCUT2D eigenvalue weighted by molar-refractivity contribution is 7.99. The fourth-order valence-corrected chi connectivity index (χ4v) is 0.807. The molecule has 1 aliphatic rings. The van der Waals surface area contributed by atoms with Crippen LogP contribution in [0.2, 0.25) is 0 Å². The van der Waals surface area contributed by atoms with Gasteiger partial charge in [0.1, 0.15) is 11.5 Å². The van der Waals surface area contributed by atoms with Crippen LogP contribution in [0.4, 0.5) is 0 Å². The van der Waals surface area contributed by atoms with Crippen LogP contribution in [0.25, 0.3) is 0 Å². The zero-order valence-corrected chi connectivity index (χ0v) is 5.04. The number of hydrogen-bond acceptors (Lipinski definition) is 3. The minimum Gasteiger partial charge on any atom is -0.228 e. The van der Waals surface area contributed by atoms with Gasteiger partial charge in [-0.3, -0.25) is 0 Å². The molecule has 1 rings (SSSR count). The maximum atomic E-state index is 5.45. The van der Waals surface area contributed by atoms with E-state index in [1.165, 1.54) is 18.3 Å². The molecule has 0 aromatic rings. The quantitative estimate of drug-likeness (QED) is 0.459. The predicted octanol–water partition coefficient (Wildman–Crippen LogP) is 1.31. The molecule has 0 N–H and O–H groups in total. The molecule has 0 saturated carbocycles. The Labute approximate surface area is 50.8 Å². The van der Waals surface area contributed by atoms with Crippen molar-refractivity contribution in [2.24, 2.45) is 9.39 Å². The van der Waals surface area contributed by atoms with E-state index >= 15 is 0 Å². The summed E-state index contributed by atoms with van der Waals surface area (Å²) in [6.45, 7) is 0. The number of hydrogen-bond donors (Lipinski definition) is 0. The summed E-state index contributed by atoms with van der Waals surface area (Å²) in [4.78, 5) is 3.70. The van der Waals surface area contributed by atoms with Crippen molar-refractivity contribution in [2.45, 2.75) is 0 Å². The Kier molecular flexibility index (Phi) is 1.70. The lowest BCUT2D eigenvalue weighted by atomic mass is 10.8. The van der Waals surface area contributed by atoms with Gasteiger partial charge in [0.2, 0.25) is 0 Å². The molecule has 0 bridgehead atoms. The number of aliphatic imine (C=N–C) groups is 1. The molecule has 0 aliphatic carbocycles. The van der Waals surface area contributed by atoms with E-state index in [4.69, 9.17) is 11.6 Å². The van der Waals surface area contributed by atoms with Gasteiger partial charge in [-0.25, -0.2) is 9.39 Å². The number of nitrogens with zero attached hydrogens (tertiary/aromatic N) is 2. The molecule has 0 atom stereocenters. The van der Waals surface area contributed by atoms with E-state index in [0.29, 0.717) is 5.17 Å². The Hall–Kier alpha value is -0.0200. The average molecular weight is 135 g/mol. The average Bonchev–Trinajstić information content (AvgIpc) is 1.69. The molecule has 0 radical (unpaired) electrons. The van der Waals surface area contributed by atoms with Crippen LogP contribution in [0.5, 0.6) is 0 Å². The summed E-state index contributed by atoms with van der Waals surface area (Å²) in [5, 5.41) is 0.625. The lowest BCUT2D eigenvalue weighted by Gasteiger charge is -1.94. The van der Waals surface area contributed by atoms with Crippen molar-refractivity contribution in [3.8, 4) is 0 Å². The summed E-state index contributed by atoms with van der Waals surface area (Å²) in [5.74, 6) is 0.720. The Morgan fingerprint density at radius 1 is 1.86 bits per heavy atom. The van der Waals surface area contributed by atoms with Gasteiger partial charge in [-0.15, -0.1) is 0 Å². The van der Waals surface area contributed by atoms with Crippen molar-refractivity contribution < 1.29 is 0 Å². The molecule has 0 saturated heterocycles. The van der Waals surface area contributed by atoms with Crippen LogP contribution in [0.15, 0.2) is 9.39 Å². The van der Waals surface area contributed by atoms with Gasteiger partial charge in [0.25, 0.3) is 0 Å². The van der Waals surface area contributed by atoms with E-state index in [0.717, 1.165) is 5.75 Å². The largest absolute Gasteiger partial charge is 0.228 e. The molecule has 7 heavy (non-hydrogen) atoms. The first kappa shape index (κ1) is 5.12. The highest BCUT2D eigenvalue weighted by Gasteiger charge is 1.94. The van der Waals surface area contributed by atoms with E-state index in [2.05, 4.69) is 9.39 Å². The first-order valence-corrected chi connectivity index (χ1v) is 3.07. The predicted molar refractivity (Wildman–Crippen MR) is 34.2 cm³/mol. The number of halogens is 1. The molecular weight excluding hydrogens is 132 g/mol. The van der Waals surface area contributed by atoms with Crippen molar-refractivity contribution >= 4 is 35.1 Å². The third kappa shape index (κ3) is 1.49. The highest BCUT2D eigenvalue weighted by Crippen LogP contribution is 2.07. The topological polar surface area (TPSA) is 24.7 Å². The molecule has 0 amide bonds. The first-order valence-electron chi connectivity index (χ1n) is 1.75. The highest BCUT2D eigenvalue weighted by atomic mass is 35.5. The van der Waals surface area contributed by atoms with Crippen molar-refractivity contribution in [2.75, 3.05) is 5.75 Å². The van der Waals surface area contributed by atoms with Crippen LogP contribution >= 0.6 is 23.5 Å². The van der Waals surface area contributed by atoms with Gasteiger partial charge in [0.05, 0.1) is 5.75 Å². The van der Waals surface area contributed by atoms with E-state index in [1.54, 1.807) is 0 Å².